The standard InChI is InChI=1S/C19H21NO/c1-12-4-6-13(7-5-12)18-16-3-2-10-20-19(16)15-9-8-14(21)11-17(15)18/h4-9,11,16,18-21H,2-3,10H2,1H3/t16-,18-,19+/m0/s1. The highest BCUT2D eigenvalue weighted by Gasteiger charge is 2.42. The molecule has 2 nitrogen and oxygen atoms in total. The number of nitrogens with one attached hydrogen (secondary N) is 1. The molecule has 1 heterocycles. The van der Waals surface area contributed by atoms with E-state index in [1.807, 2.05) is 12.1 Å². The third-order valence-electron chi connectivity index (χ3n) is 5.11. The molecule has 1 aliphatic heterocycles. The van der Waals surface area contributed by atoms with Crippen molar-refractivity contribution in [3.05, 3.63) is 64.7 Å². The van der Waals surface area contributed by atoms with Crippen molar-refractivity contribution in [2.45, 2.75) is 31.7 Å². The van der Waals surface area contributed by atoms with Crippen LogP contribution in [0, 0.1) is 12.8 Å². The topological polar surface area (TPSA) is 32.3 Å². The number of aryl methyl sites for hydroxylation is 1. The first-order valence-corrected chi connectivity index (χ1v) is 7.87. The van der Waals surface area contributed by atoms with Crippen LogP contribution in [0.15, 0.2) is 42.5 Å². The fraction of sp³-hybridized carbons (Fsp3) is 0.368. The summed E-state index contributed by atoms with van der Waals surface area (Å²) in [6.45, 7) is 3.23. The molecule has 1 aliphatic carbocycles. The minimum Gasteiger partial charge on any atom is -0.508 e. The lowest BCUT2D eigenvalue weighted by Gasteiger charge is -2.31. The summed E-state index contributed by atoms with van der Waals surface area (Å²) >= 11 is 0. The summed E-state index contributed by atoms with van der Waals surface area (Å²) in [7, 11) is 0. The molecule has 21 heavy (non-hydrogen) atoms. The summed E-state index contributed by atoms with van der Waals surface area (Å²) in [5.41, 5.74) is 5.36. The van der Waals surface area contributed by atoms with Crippen molar-refractivity contribution in [3.8, 4) is 5.75 Å². The molecule has 2 aromatic carbocycles. The predicted molar refractivity (Wildman–Crippen MR) is 84.6 cm³/mol. The van der Waals surface area contributed by atoms with E-state index in [-0.39, 0.29) is 0 Å². The Labute approximate surface area is 125 Å². The number of rotatable bonds is 1. The summed E-state index contributed by atoms with van der Waals surface area (Å²) in [6, 6.07) is 15.2. The molecule has 2 heteroatoms. The van der Waals surface area contributed by atoms with E-state index < -0.39 is 0 Å². The molecule has 2 aliphatic rings. The molecule has 0 amide bonds. The van der Waals surface area contributed by atoms with Gasteiger partial charge < -0.3 is 10.4 Å². The molecule has 0 aromatic heterocycles. The minimum atomic E-state index is 0.379. The summed E-state index contributed by atoms with van der Waals surface area (Å²) < 4.78 is 0. The van der Waals surface area contributed by atoms with E-state index in [0.29, 0.717) is 23.6 Å². The summed E-state index contributed by atoms with van der Waals surface area (Å²) in [4.78, 5) is 0. The van der Waals surface area contributed by atoms with Gasteiger partial charge in [0.25, 0.3) is 0 Å². The Morgan fingerprint density at radius 3 is 2.67 bits per heavy atom. The van der Waals surface area contributed by atoms with Crippen LogP contribution in [0.25, 0.3) is 0 Å². The van der Waals surface area contributed by atoms with E-state index >= 15 is 0 Å². The van der Waals surface area contributed by atoms with Crippen molar-refractivity contribution in [1.29, 1.82) is 0 Å². The SMILES string of the molecule is Cc1ccc([C@@H]2c3cc(O)ccc3[C@H]3NCCC[C@@H]23)cc1. The molecular weight excluding hydrogens is 258 g/mol. The van der Waals surface area contributed by atoms with Crippen LogP contribution in [0.4, 0.5) is 0 Å². The first-order valence-electron chi connectivity index (χ1n) is 7.87. The van der Waals surface area contributed by atoms with Crippen LogP contribution >= 0.6 is 0 Å². The molecule has 0 bridgehead atoms. The maximum Gasteiger partial charge on any atom is 0.115 e. The van der Waals surface area contributed by atoms with Gasteiger partial charge in [-0.3, -0.25) is 0 Å². The van der Waals surface area contributed by atoms with Gasteiger partial charge in [-0.2, -0.15) is 0 Å². The van der Waals surface area contributed by atoms with E-state index in [1.165, 1.54) is 35.1 Å². The van der Waals surface area contributed by atoms with Gasteiger partial charge in [0.15, 0.2) is 0 Å². The van der Waals surface area contributed by atoms with Crippen LogP contribution in [-0.4, -0.2) is 11.7 Å². The van der Waals surface area contributed by atoms with Gasteiger partial charge in [-0.15, -0.1) is 0 Å². The zero-order valence-electron chi connectivity index (χ0n) is 12.3. The van der Waals surface area contributed by atoms with Crippen molar-refractivity contribution < 1.29 is 5.11 Å². The highest BCUT2D eigenvalue weighted by Crippen LogP contribution is 2.52. The van der Waals surface area contributed by atoms with Gasteiger partial charge in [-0.1, -0.05) is 35.9 Å². The normalized spacial score (nSPS) is 27.2. The molecule has 0 unspecified atom stereocenters. The molecule has 108 valence electrons. The van der Waals surface area contributed by atoms with Gasteiger partial charge in [-0.25, -0.2) is 0 Å². The van der Waals surface area contributed by atoms with Crippen LogP contribution in [0.5, 0.6) is 5.75 Å². The van der Waals surface area contributed by atoms with Crippen molar-refractivity contribution in [2.24, 2.45) is 5.92 Å². The lowest BCUT2D eigenvalue weighted by molar-refractivity contribution is 0.287. The summed E-state index contributed by atoms with van der Waals surface area (Å²) in [6.07, 6.45) is 2.50. The van der Waals surface area contributed by atoms with E-state index in [2.05, 4.69) is 42.6 Å². The predicted octanol–water partition coefficient (Wildman–Crippen LogP) is 3.89. The second-order valence-electron chi connectivity index (χ2n) is 6.44. The molecule has 1 saturated heterocycles. The molecule has 2 aromatic rings. The third-order valence-corrected chi connectivity index (χ3v) is 5.11. The second-order valence-corrected chi connectivity index (χ2v) is 6.44. The number of fused-ring (bicyclic) bond motifs is 3. The Morgan fingerprint density at radius 1 is 1.05 bits per heavy atom. The van der Waals surface area contributed by atoms with Gasteiger partial charge in [0.1, 0.15) is 5.75 Å². The Morgan fingerprint density at radius 2 is 1.86 bits per heavy atom. The largest absolute Gasteiger partial charge is 0.508 e. The first-order chi connectivity index (χ1) is 10.2. The molecule has 4 rings (SSSR count). The number of hydrogen-bond acceptors (Lipinski definition) is 2. The van der Waals surface area contributed by atoms with Crippen LogP contribution in [0.3, 0.4) is 0 Å². The molecule has 2 N–H and O–H groups in total. The lowest BCUT2D eigenvalue weighted by Crippen LogP contribution is -2.32. The van der Waals surface area contributed by atoms with E-state index in [9.17, 15) is 5.11 Å². The maximum absolute atomic E-state index is 9.92. The molecule has 0 radical (unpaired) electrons. The number of piperidine rings is 1. The molecular formula is C19H21NO. The minimum absolute atomic E-state index is 0.379. The van der Waals surface area contributed by atoms with Gasteiger partial charge in [0.2, 0.25) is 0 Å². The second kappa shape index (κ2) is 4.88. The van der Waals surface area contributed by atoms with Crippen LogP contribution in [0.1, 0.15) is 47.1 Å². The van der Waals surface area contributed by atoms with Crippen LogP contribution < -0.4 is 5.32 Å². The fourth-order valence-corrected chi connectivity index (χ4v) is 4.16. The Kier molecular flexibility index (Phi) is 3.00. The molecule has 0 saturated carbocycles. The number of benzene rings is 2. The van der Waals surface area contributed by atoms with Crippen molar-refractivity contribution in [1.82, 2.24) is 5.32 Å². The average molecular weight is 279 g/mol. The molecule has 1 fully saturated rings. The van der Waals surface area contributed by atoms with Crippen molar-refractivity contribution >= 4 is 0 Å². The quantitative estimate of drug-likeness (QED) is 0.830. The van der Waals surface area contributed by atoms with E-state index in [1.54, 1.807) is 0 Å². The van der Waals surface area contributed by atoms with E-state index in [0.717, 1.165) is 6.54 Å². The summed E-state index contributed by atoms with van der Waals surface area (Å²) in [5, 5.41) is 13.6. The van der Waals surface area contributed by atoms with Crippen molar-refractivity contribution in [2.75, 3.05) is 6.54 Å². The van der Waals surface area contributed by atoms with Gasteiger partial charge in [0, 0.05) is 12.0 Å². The Hall–Kier alpha value is -1.80. The van der Waals surface area contributed by atoms with Gasteiger partial charge >= 0.3 is 0 Å². The van der Waals surface area contributed by atoms with Crippen molar-refractivity contribution in [3.63, 3.8) is 0 Å². The first kappa shape index (κ1) is 12.9. The summed E-state index contributed by atoms with van der Waals surface area (Å²) in [5.74, 6) is 1.40. The van der Waals surface area contributed by atoms with Crippen LogP contribution in [0.2, 0.25) is 0 Å². The third kappa shape index (κ3) is 2.06. The zero-order chi connectivity index (χ0) is 14.4. The lowest BCUT2D eigenvalue weighted by atomic mass is 9.80. The Bertz CT molecular complexity index is 662. The monoisotopic (exact) mass is 279 g/mol. The van der Waals surface area contributed by atoms with Crippen LogP contribution in [-0.2, 0) is 0 Å². The average Bonchev–Trinajstić information content (AvgIpc) is 2.82. The smallest absolute Gasteiger partial charge is 0.115 e. The highest BCUT2D eigenvalue weighted by atomic mass is 16.3. The molecule has 3 atom stereocenters. The Balaban J connectivity index is 1.85. The van der Waals surface area contributed by atoms with E-state index in [4.69, 9.17) is 0 Å². The molecule has 0 spiro atoms. The number of phenolic OH excluding ortho intramolecular Hbond substituents is 1. The number of phenols is 1. The number of aromatic hydroxyl groups is 1. The number of hydrogen-bond donors (Lipinski definition) is 2. The zero-order valence-corrected chi connectivity index (χ0v) is 12.3. The fourth-order valence-electron chi connectivity index (χ4n) is 4.16. The van der Waals surface area contributed by atoms with Gasteiger partial charge in [0.05, 0.1) is 0 Å². The highest BCUT2D eigenvalue weighted by molar-refractivity contribution is 5.49. The van der Waals surface area contributed by atoms with Gasteiger partial charge in [-0.05, 0) is 61.1 Å². The maximum atomic E-state index is 9.92.